The molecule has 0 saturated carbocycles. The van der Waals surface area contributed by atoms with Gasteiger partial charge in [0, 0.05) is 6.04 Å². The highest BCUT2D eigenvalue weighted by Crippen LogP contribution is 2.32. The molecule has 0 bridgehead atoms. The fourth-order valence-electron chi connectivity index (χ4n) is 3.32. The third-order valence-corrected chi connectivity index (χ3v) is 6.73. The Kier molecular flexibility index (Phi) is 5.64. The first-order chi connectivity index (χ1) is 12.8. The third-order valence-electron chi connectivity index (χ3n) is 4.72. The first kappa shape index (κ1) is 19.5. The lowest BCUT2D eigenvalue weighted by molar-refractivity contribution is -0.151. The largest absolute Gasteiger partial charge is 0.460 e. The maximum Gasteiger partial charge on any atom is 0.327 e. The quantitative estimate of drug-likeness (QED) is 0.793. The lowest BCUT2D eigenvalue weighted by Gasteiger charge is -2.27. The minimum absolute atomic E-state index is 0.0235. The molecule has 1 fully saturated rings. The van der Waals surface area contributed by atoms with Crippen LogP contribution in [0.1, 0.15) is 24.5 Å². The van der Waals surface area contributed by atoms with Crippen LogP contribution in [0.25, 0.3) is 0 Å². The monoisotopic (exact) mass is 389 g/mol. The number of carbonyl (C=O) groups is 1. The molecule has 0 radical (unpaired) electrons. The summed E-state index contributed by atoms with van der Waals surface area (Å²) in [5.74, 6) is -0.744. The second-order valence-electron chi connectivity index (χ2n) is 6.84. The fourth-order valence-corrected chi connectivity index (χ4v) is 5.13. The molecule has 3 atom stereocenters. The molecule has 3 rings (SSSR count). The van der Waals surface area contributed by atoms with Crippen LogP contribution in [0, 0.1) is 6.92 Å². The molecule has 0 aliphatic carbocycles. The van der Waals surface area contributed by atoms with Crippen molar-refractivity contribution in [2.75, 3.05) is 0 Å². The fraction of sp³-hybridized carbons (Fsp3) is 0.350. The molecule has 1 aliphatic heterocycles. The molecule has 144 valence electrons. The molecular formula is C20H23NO5S. The van der Waals surface area contributed by atoms with Crippen LogP contribution >= 0.6 is 0 Å². The molecule has 0 amide bonds. The summed E-state index contributed by atoms with van der Waals surface area (Å²) >= 11 is 0. The van der Waals surface area contributed by atoms with E-state index >= 15 is 0 Å². The molecule has 2 aromatic carbocycles. The van der Waals surface area contributed by atoms with Gasteiger partial charge in [-0.25, -0.2) is 8.42 Å². The van der Waals surface area contributed by atoms with Crippen molar-refractivity contribution in [1.82, 2.24) is 4.31 Å². The average Bonchev–Trinajstić information content (AvgIpc) is 2.95. The lowest BCUT2D eigenvalue weighted by atomic mass is 10.1. The van der Waals surface area contributed by atoms with Crippen LogP contribution in [-0.2, 0) is 26.2 Å². The Morgan fingerprint density at radius 3 is 2.41 bits per heavy atom. The van der Waals surface area contributed by atoms with Gasteiger partial charge in [-0.05, 0) is 38.0 Å². The zero-order valence-corrected chi connectivity index (χ0v) is 16.1. The smallest absolute Gasteiger partial charge is 0.327 e. The Bertz CT molecular complexity index is 896. The Hall–Kier alpha value is -2.22. The summed E-state index contributed by atoms with van der Waals surface area (Å²) in [5, 5.41) is 10.3. The number of aryl methyl sites for hydroxylation is 1. The van der Waals surface area contributed by atoms with Gasteiger partial charge >= 0.3 is 5.97 Å². The minimum atomic E-state index is -3.94. The van der Waals surface area contributed by atoms with E-state index in [1.807, 2.05) is 37.3 Å². The predicted molar refractivity (Wildman–Crippen MR) is 100 cm³/mol. The summed E-state index contributed by atoms with van der Waals surface area (Å²) in [4.78, 5) is 12.7. The highest BCUT2D eigenvalue weighted by Gasteiger charge is 2.50. The number of esters is 1. The molecule has 1 saturated heterocycles. The van der Waals surface area contributed by atoms with Gasteiger partial charge in [-0.15, -0.1) is 0 Å². The number of aliphatic hydroxyl groups excluding tert-OH is 1. The predicted octanol–water partition coefficient (Wildman–Crippen LogP) is 2.25. The summed E-state index contributed by atoms with van der Waals surface area (Å²) in [6.07, 6.45) is -0.931. The number of rotatable bonds is 5. The maximum absolute atomic E-state index is 13.1. The minimum Gasteiger partial charge on any atom is -0.460 e. The van der Waals surface area contributed by atoms with E-state index < -0.39 is 34.2 Å². The number of hydrogen-bond donors (Lipinski definition) is 1. The number of nitrogens with zero attached hydrogens (tertiary/aromatic N) is 1. The number of hydrogen-bond acceptors (Lipinski definition) is 5. The van der Waals surface area contributed by atoms with Gasteiger partial charge in [0.2, 0.25) is 10.0 Å². The van der Waals surface area contributed by atoms with Crippen LogP contribution in [0.2, 0.25) is 0 Å². The van der Waals surface area contributed by atoms with Gasteiger partial charge in [0.05, 0.1) is 11.0 Å². The van der Waals surface area contributed by atoms with E-state index in [4.69, 9.17) is 4.74 Å². The van der Waals surface area contributed by atoms with E-state index in [0.717, 1.165) is 15.4 Å². The highest BCUT2D eigenvalue weighted by molar-refractivity contribution is 7.89. The standard InChI is InChI=1S/C20H23NO5S/c1-14-8-10-17(11-9-14)27(24,25)21-15(2)12-18(22)19(21)20(23)26-13-16-6-4-3-5-7-16/h3-11,15,18-19,22H,12-13H2,1-2H3. The molecule has 1 N–H and O–H groups in total. The maximum atomic E-state index is 13.1. The Morgan fingerprint density at radius 1 is 1.15 bits per heavy atom. The summed E-state index contributed by atoms with van der Waals surface area (Å²) in [5.41, 5.74) is 1.72. The molecular weight excluding hydrogens is 366 g/mol. The van der Waals surface area contributed by atoms with Gasteiger partial charge in [-0.1, -0.05) is 48.0 Å². The van der Waals surface area contributed by atoms with Crippen LogP contribution in [-0.4, -0.2) is 42.0 Å². The molecule has 1 aliphatic rings. The first-order valence-electron chi connectivity index (χ1n) is 8.79. The first-order valence-corrected chi connectivity index (χ1v) is 10.2. The molecule has 0 aromatic heterocycles. The Morgan fingerprint density at radius 2 is 1.78 bits per heavy atom. The van der Waals surface area contributed by atoms with E-state index in [1.165, 1.54) is 12.1 Å². The van der Waals surface area contributed by atoms with E-state index in [1.54, 1.807) is 19.1 Å². The van der Waals surface area contributed by atoms with Gasteiger partial charge in [0.25, 0.3) is 0 Å². The van der Waals surface area contributed by atoms with E-state index in [-0.39, 0.29) is 17.9 Å². The van der Waals surface area contributed by atoms with Gasteiger partial charge < -0.3 is 9.84 Å². The second-order valence-corrected chi connectivity index (χ2v) is 8.68. The van der Waals surface area contributed by atoms with Crippen LogP contribution in [0.3, 0.4) is 0 Å². The number of benzene rings is 2. The number of sulfonamides is 1. The van der Waals surface area contributed by atoms with Gasteiger partial charge in [0.15, 0.2) is 0 Å². The molecule has 1 heterocycles. The van der Waals surface area contributed by atoms with E-state index in [0.29, 0.717) is 0 Å². The summed E-state index contributed by atoms with van der Waals surface area (Å²) in [6.45, 7) is 3.57. The lowest BCUT2D eigenvalue weighted by Crippen LogP contribution is -2.47. The molecule has 27 heavy (non-hydrogen) atoms. The SMILES string of the molecule is Cc1ccc(S(=O)(=O)N2C(C)CC(O)C2C(=O)OCc2ccccc2)cc1. The molecule has 2 aromatic rings. The summed E-state index contributed by atoms with van der Waals surface area (Å²) < 4.78 is 32.6. The summed E-state index contributed by atoms with van der Waals surface area (Å²) in [7, 11) is -3.94. The number of ether oxygens (including phenoxy) is 1. The topological polar surface area (TPSA) is 83.9 Å². The number of carbonyl (C=O) groups excluding carboxylic acids is 1. The van der Waals surface area contributed by atoms with Crippen molar-refractivity contribution >= 4 is 16.0 Å². The van der Waals surface area contributed by atoms with Crippen molar-refractivity contribution in [3.05, 3.63) is 65.7 Å². The van der Waals surface area contributed by atoms with Crippen LogP contribution in [0.4, 0.5) is 0 Å². The van der Waals surface area contributed by atoms with Crippen molar-refractivity contribution in [2.24, 2.45) is 0 Å². The van der Waals surface area contributed by atoms with Crippen molar-refractivity contribution in [2.45, 2.75) is 50.0 Å². The molecule has 3 unspecified atom stereocenters. The van der Waals surface area contributed by atoms with Gasteiger partial charge in [-0.2, -0.15) is 4.31 Å². The molecule has 0 spiro atoms. The van der Waals surface area contributed by atoms with Crippen molar-refractivity contribution in [3.63, 3.8) is 0 Å². The highest BCUT2D eigenvalue weighted by atomic mass is 32.2. The van der Waals surface area contributed by atoms with Gasteiger partial charge in [-0.3, -0.25) is 4.79 Å². The van der Waals surface area contributed by atoms with Crippen LogP contribution < -0.4 is 0 Å². The third kappa shape index (κ3) is 4.05. The van der Waals surface area contributed by atoms with Crippen molar-refractivity contribution in [1.29, 1.82) is 0 Å². The van der Waals surface area contributed by atoms with Crippen molar-refractivity contribution in [3.8, 4) is 0 Å². The zero-order chi connectivity index (χ0) is 19.6. The van der Waals surface area contributed by atoms with E-state index in [2.05, 4.69) is 0 Å². The zero-order valence-electron chi connectivity index (χ0n) is 15.3. The Labute approximate surface area is 159 Å². The number of aliphatic hydroxyl groups is 1. The summed E-state index contributed by atoms with van der Waals surface area (Å²) in [6, 6.07) is 13.8. The average molecular weight is 389 g/mol. The normalized spacial score (nSPS) is 23.3. The molecule has 7 heteroatoms. The van der Waals surface area contributed by atoms with Gasteiger partial charge in [0.1, 0.15) is 12.6 Å². The second kappa shape index (κ2) is 7.80. The molecule has 6 nitrogen and oxygen atoms in total. The Balaban J connectivity index is 1.84. The van der Waals surface area contributed by atoms with E-state index in [9.17, 15) is 18.3 Å². The van der Waals surface area contributed by atoms with Crippen LogP contribution in [0.5, 0.6) is 0 Å². The van der Waals surface area contributed by atoms with Crippen molar-refractivity contribution < 1.29 is 23.1 Å². The van der Waals surface area contributed by atoms with Crippen LogP contribution in [0.15, 0.2) is 59.5 Å².